The third-order valence-electron chi connectivity index (χ3n) is 6.84. The molecule has 1 aromatic heterocycles. The molecule has 2 unspecified atom stereocenters. The lowest BCUT2D eigenvalue weighted by atomic mass is 9.95. The highest BCUT2D eigenvalue weighted by Crippen LogP contribution is 2.26. The lowest BCUT2D eigenvalue weighted by Gasteiger charge is -2.25. The first-order chi connectivity index (χ1) is 19.4. The van der Waals surface area contributed by atoms with Gasteiger partial charge in [-0.05, 0) is 43.4 Å². The van der Waals surface area contributed by atoms with Crippen molar-refractivity contribution in [2.45, 2.75) is 52.1 Å². The molecule has 13 nitrogen and oxygen atoms in total. The number of H-pyrrole nitrogens is 1. The highest BCUT2D eigenvalue weighted by atomic mass is 16.7. The first-order valence-corrected chi connectivity index (χ1v) is 13.3. The summed E-state index contributed by atoms with van der Waals surface area (Å²) in [4.78, 5) is 79.7. The van der Waals surface area contributed by atoms with Crippen LogP contribution in [0.15, 0.2) is 24.3 Å². The zero-order chi connectivity index (χ0) is 30.3. The van der Waals surface area contributed by atoms with Crippen LogP contribution in [0.1, 0.15) is 50.5 Å². The Morgan fingerprint density at radius 3 is 2.44 bits per heavy atom. The van der Waals surface area contributed by atoms with Crippen LogP contribution in [-0.2, 0) is 28.7 Å². The van der Waals surface area contributed by atoms with Crippen molar-refractivity contribution in [1.29, 1.82) is 0 Å². The van der Waals surface area contributed by atoms with E-state index in [4.69, 9.17) is 9.47 Å². The lowest BCUT2D eigenvalue weighted by molar-refractivity contribution is -0.142. The number of Topliss-reactive ketones (excluding diaryl/α,β-unsaturated/α-hetero) is 1. The van der Waals surface area contributed by atoms with Crippen LogP contribution in [0.5, 0.6) is 5.75 Å². The number of carbonyl (C=O) groups is 6. The standard InChI is InChI=1S/C28H36N4O9/c1-15(2)11-21(31-26(36)22-13-18-19(29-22)7-6-8-24(18)39-4)25(35)30-20(23(34)14-41-28(38)40-5)12-17-9-10-32(16(3)33)27(17)37/h6-8,13,15,17,20-21,29H,9-12,14H2,1-5H3,(H,30,35)(H,31,36)/t17-,20?,21?/m0/s1. The fraction of sp³-hybridized carbons (Fsp3) is 0.500. The van der Waals surface area contributed by atoms with Gasteiger partial charge >= 0.3 is 6.16 Å². The van der Waals surface area contributed by atoms with Crippen LogP contribution in [-0.4, -0.2) is 84.9 Å². The summed E-state index contributed by atoms with van der Waals surface area (Å²) in [7, 11) is 2.61. The molecule has 0 aliphatic carbocycles. The Kier molecular flexibility index (Phi) is 10.5. The largest absolute Gasteiger partial charge is 0.508 e. The van der Waals surface area contributed by atoms with Gasteiger partial charge in [-0.15, -0.1) is 0 Å². The second-order valence-corrected chi connectivity index (χ2v) is 10.3. The molecule has 1 saturated heterocycles. The molecule has 4 amide bonds. The first-order valence-electron chi connectivity index (χ1n) is 13.3. The average molecular weight is 573 g/mol. The Morgan fingerprint density at radius 2 is 1.83 bits per heavy atom. The summed E-state index contributed by atoms with van der Waals surface area (Å²) in [5.74, 6) is -2.84. The minimum Gasteiger partial charge on any atom is -0.496 e. The summed E-state index contributed by atoms with van der Waals surface area (Å²) in [6.07, 6.45) is -0.627. The number of nitrogens with zero attached hydrogens (tertiary/aromatic N) is 1. The second kappa shape index (κ2) is 13.8. The molecule has 0 radical (unpaired) electrons. The van der Waals surface area contributed by atoms with Crippen molar-refractivity contribution in [2.24, 2.45) is 11.8 Å². The number of hydrogen-bond donors (Lipinski definition) is 3. The van der Waals surface area contributed by atoms with Crippen LogP contribution in [0.2, 0.25) is 0 Å². The van der Waals surface area contributed by atoms with Crippen molar-refractivity contribution in [3.05, 3.63) is 30.0 Å². The Balaban J connectivity index is 1.79. The monoisotopic (exact) mass is 572 g/mol. The van der Waals surface area contributed by atoms with E-state index in [1.165, 1.54) is 14.0 Å². The van der Waals surface area contributed by atoms with E-state index in [0.717, 1.165) is 12.0 Å². The van der Waals surface area contributed by atoms with Crippen LogP contribution in [0, 0.1) is 11.8 Å². The first kappa shape index (κ1) is 31.1. The zero-order valence-corrected chi connectivity index (χ0v) is 23.8. The van der Waals surface area contributed by atoms with Crippen molar-refractivity contribution in [3.63, 3.8) is 0 Å². The van der Waals surface area contributed by atoms with E-state index >= 15 is 0 Å². The molecule has 0 spiro atoms. The summed E-state index contributed by atoms with van der Waals surface area (Å²) in [6.45, 7) is 4.53. The highest BCUT2D eigenvalue weighted by molar-refractivity contribution is 6.02. The topological polar surface area (TPSA) is 173 Å². The molecular formula is C28H36N4O9. The van der Waals surface area contributed by atoms with Gasteiger partial charge in [-0.3, -0.25) is 28.9 Å². The molecule has 1 aromatic carbocycles. The number of benzene rings is 1. The second-order valence-electron chi connectivity index (χ2n) is 10.3. The summed E-state index contributed by atoms with van der Waals surface area (Å²) in [6, 6.07) is 4.70. The number of likely N-dealkylation sites (tertiary alicyclic amines) is 1. The molecule has 3 atom stereocenters. The number of aromatic amines is 1. The fourth-order valence-corrected chi connectivity index (χ4v) is 4.75. The molecule has 222 valence electrons. The van der Waals surface area contributed by atoms with Crippen molar-refractivity contribution in [2.75, 3.05) is 27.4 Å². The number of fused-ring (bicyclic) bond motifs is 1. The molecule has 1 aliphatic heterocycles. The minimum absolute atomic E-state index is 0.00815. The fourth-order valence-electron chi connectivity index (χ4n) is 4.75. The molecule has 0 saturated carbocycles. The summed E-state index contributed by atoms with van der Waals surface area (Å²) < 4.78 is 14.5. The van der Waals surface area contributed by atoms with Gasteiger partial charge in [0, 0.05) is 30.3 Å². The van der Waals surface area contributed by atoms with E-state index in [2.05, 4.69) is 20.4 Å². The van der Waals surface area contributed by atoms with Gasteiger partial charge in [0.1, 0.15) is 17.5 Å². The van der Waals surface area contributed by atoms with Gasteiger partial charge in [0.25, 0.3) is 5.91 Å². The quantitative estimate of drug-likeness (QED) is 0.321. The van der Waals surface area contributed by atoms with E-state index in [0.29, 0.717) is 23.1 Å². The predicted molar refractivity (Wildman–Crippen MR) is 146 cm³/mol. The van der Waals surface area contributed by atoms with Crippen LogP contribution in [0.25, 0.3) is 10.9 Å². The van der Waals surface area contributed by atoms with Crippen LogP contribution in [0.3, 0.4) is 0 Å². The van der Waals surface area contributed by atoms with Gasteiger partial charge in [0.05, 0.1) is 20.3 Å². The SMILES string of the molecule is COC(=O)OCC(=O)C(C[C@@H]1CCN(C(C)=O)C1=O)NC(=O)C(CC(C)C)NC(=O)c1cc2c(OC)cccc2[nH]1. The van der Waals surface area contributed by atoms with Crippen molar-refractivity contribution < 1.29 is 43.0 Å². The molecule has 3 rings (SSSR count). The van der Waals surface area contributed by atoms with Gasteiger partial charge in [0.15, 0.2) is 12.4 Å². The van der Waals surface area contributed by atoms with Crippen molar-refractivity contribution >= 4 is 46.5 Å². The predicted octanol–water partition coefficient (Wildman–Crippen LogP) is 1.94. The zero-order valence-electron chi connectivity index (χ0n) is 23.8. The number of imide groups is 1. The van der Waals surface area contributed by atoms with Gasteiger partial charge in [-0.25, -0.2) is 4.79 Å². The van der Waals surface area contributed by atoms with E-state index in [1.807, 2.05) is 13.8 Å². The Morgan fingerprint density at radius 1 is 1.10 bits per heavy atom. The van der Waals surface area contributed by atoms with Crippen LogP contribution in [0.4, 0.5) is 4.79 Å². The number of amides is 4. The molecular weight excluding hydrogens is 536 g/mol. The van der Waals surface area contributed by atoms with Gasteiger partial charge in [-0.1, -0.05) is 19.9 Å². The Labute approximate surface area is 237 Å². The van der Waals surface area contributed by atoms with Crippen LogP contribution >= 0.6 is 0 Å². The maximum atomic E-state index is 13.5. The summed E-state index contributed by atoms with van der Waals surface area (Å²) >= 11 is 0. The summed E-state index contributed by atoms with van der Waals surface area (Å²) in [5, 5.41) is 6.06. The number of ether oxygens (including phenoxy) is 3. The average Bonchev–Trinajstić information content (AvgIpc) is 3.54. The number of methoxy groups -OCH3 is 2. The molecule has 13 heteroatoms. The number of ketones is 1. The lowest BCUT2D eigenvalue weighted by Crippen LogP contribution is -2.53. The minimum atomic E-state index is -1.23. The van der Waals surface area contributed by atoms with Crippen molar-refractivity contribution in [1.82, 2.24) is 20.5 Å². The van der Waals surface area contributed by atoms with E-state index in [9.17, 15) is 28.8 Å². The number of nitrogens with one attached hydrogen (secondary N) is 3. The molecule has 2 aromatic rings. The maximum absolute atomic E-state index is 13.5. The number of aromatic nitrogens is 1. The number of carbonyl (C=O) groups excluding carboxylic acids is 6. The highest BCUT2D eigenvalue weighted by Gasteiger charge is 2.38. The molecule has 0 bridgehead atoms. The van der Waals surface area contributed by atoms with Crippen molar-refractivity contribution in [3.8, 4) is 5.75 Å². The Hall–Kier alpha value is -4.42. The molecule has 3 N–H and O–H groups in total. The molecule has 2 heterocycles. The van der Waals surface area contributed by atoms with E-state index in [-0.39, 0.29) is 31.0 Å². The smallest absolute Gasteiger partial charge is 0.496 e. The number of rotatable bonds is 12. The third-order valence-corrected chi connectivity index (χ3v) is 6.84. The normalized spacial score (nSPS) is 16.3. The summed E-state index contributed by atoms with van der Waals surface area (Å²) in [5.41, 5.74) is 0.891. The van der Waals surface area contributed by atoms with Crippen LogP contribution < -0.4 is 15.4 Å². The van der Waals surface area contributed by atoms with E-state index in [1.54, 1.807) is 24.3 Å². The Bertz CT molecular complexity index is 1320. The maximum Gasteiger partial charge on any atom is 0.508 e. The number of hydrogen-bond acceptors (Lipinski definition) is 9. The van der Waals surface area contributed by atoms with Gasteiger partial charge in [-0.2, -0.15) is 0 Å². The molecule has 41 heavy (non-hydrogen) atoms. The van der Waals surface area contributed by atoms with E-state index < -0.39 is 60.2 Å². The van der Waals surface area contributed by atoms with Gasteiger partial charge < -0.3 is 29.8 Å². The van der Waals surface area contributed by atoms with Gasteiger partial charge in [0.2, 0.25) is 17.7 Å². The third kappa shape index (κ3) is 7.83. The molecule has 1 aliphatic rings. The molecule has 1 fully saturated rings.